The Morgan fingerprint density at radius 3 is 1.68 bits per heavy atom. The molecule has 73 heavy (non-hydrogen) atoms. The summed E-state index contributed by atoms with van der Waals surface area (Å²) in [6.07, 6.45) is 0. The van der Waals surface area contributed by atoms with E-state index in [0.717, 1.165) is 50.3 Å². The Hall–Kier alpha value is -9.18. The number of rotatable bonds is 5. The molecule has 0 fully saturated rings. The number of fused-ring (bicyclic) bond motifs is 20. The van der Waals surface area contributed by atoms with Crippen LogP contribution in [0.3, 0.4) is 0 Å². The van der Waals surface area contributed by atoms with E-state index in [-0.39, 0.29) is 5.41 Å². The average Bonchev–Trinajstić information content (AvgIpc) is 4.21. The van der Waals surface area contributed by atoms with E-state index >= 15 is 0 Å². The molecule has 0 amide bonds. The van der Waals surface area contributed by atoms with Crippen LogP contribution in [0.25, 0.3) is 93.9 Å². The van der Waals surface area contributed by atoms with Crippen LogP contribution >= 0.6 is 0 Å². The molecule has 16 rings (SSSR count). The van der Waals surface area contributed by atoms with Crippen LogP contribution in [-0.2, 0) is 10.8 Å². The fraction of sp³-hybridized carbons (Fsp3) is 0.0571. The van der Waals surface area contributed by atoms with Crippen LogP contribution in [0.4, 0.5) is 17.1 Å². The van der Waals surface area contributed by atoms with Crippen molar-refractivity contribution in [2.24, 2.45) is 0 Å². The first-order chi connectivity index (χ1) is 36.0. The molecule has 1 spiro atoms. The summed E-state index contributed by atoms with van der Waals surface area (Å²) < 4.78 is 9.41. The first-order valence-corrected chi connectivity index (χ1v) is 25.5. The van der Waals surface area contributed by atoms with Crippen molar-refractivity contribution in [1.82, 2.24) is 4.57 Å². The van der Waals surface area contributed by atoms with Crippen molar-refractivity contribution in [3.8, 4) is 50.2 Å². The highest BCUT2D eigenvalue weighted by molar-refractivity contribution is 6.13. The number of nitrogens with zero attached hydrogens (tertiary/aromatic N) is 2. The highest BCUT2D eigenvalue weighted by Crippen LogP contribution is 2.68. The largest absolute Gasteiger partial charge is 0.454 e. The van der Waals surface area contributed by atoms with Gasteiger partial charge in [-0.1, -0.05) is 196 Å². The van der Waals surface area contributed by atoms with Crippen LogP contribution in [0.1, 0.15) is 47.2 Å². The third kappa shape index (κ3) is 5.28. The highest BCUT2D eigenvalue weighted by Gasteiger charge is 2.54. The van der Waals surface area contributed by atoms with Gasteiger partial charge in [0.15, 0.2) is 5.58 Å². The van der Waals surface area contributed by atoms with Crippen LogP contribution in [0.15, 0.2) is 247 Å². The summed E-state index contributed by atoms with van der Waals surface area (Å²) in [4.78, 5) is 2.53. The Bertz CT molecular complexity index is 4430. The molecule has 0 aliphatic heterocycles. The summed E-state index contributed by atoms with van der Waals surface area (Å²) in [5, 5.41) is 4.69. The molecule has 3 aliphatic carbocycles. The van der Waals surface area contributed by atoms with Gasteiger partial charge in [-0.05, 0) is 139 Å². The van der Waals surface area contributed by atoms with E-state index in [2.05, 4.69) is 266 Å². The minimum Gasteiger partial charge on any atom is -0.454 e. The lowest BCUT2D eigenvalue weighted by atomic mass is 9.69. The zero-order valence-corrected chi connectivity index (χ0v) is 40.4. The average molecular weight is 931 g/mol. The monoisotopic (exact) mass is 930 g/mol. The fourth-order valence-corrected chi connectivity index (χ4v) is 13.8. The molecular weight excluding hydrogens is 885 g/mol. The number of furan rings is 1. The molecule has 0 unspecified atom stereocenters. The maximum atomic E-state index is 7.03. The Kier molecular flexibility index (Phi) is 8.16. The Balaban J connectivity index is 0.982. The van der Waals surface area contributed by atoms with Crippen molar-refractivity contribution in [3.63, 3.8) is 0 Å². The third-order valence-corrected chi connectivity index (χ3v) is 16.8. The summed E-state index contributed by atoms with van der Waals surface area (Å²) >= 11 is 0. The summed E-state index contributed by atoms with van der Waals surface area (Å²) in [6, 6.07) is 90.1. The van der Waals surface area contributed by atoms with E-state index < -0.39 is 5.41 Å². The minimum atomic E-state index is -0.548. The second-order valence-corrected chi connectivity index (χ2v) is 20.7. The molecule has 0 bridgehead atoms. The summed E-state index contributed by atoms with van der Waals surface area (Å²) in [5.41, 5.74) is 25.8. The molecule has 0 N–H and O–H groups in total. The molecule has 3 aliphatic rings. The quantitative estimate of drug-likeness (QED) is 0.171. The van der Waals surface area contributed by atoms with Crippen molar-refractivity contribution in [3.05, 3.63) is 276 Å². The Morgan fingerprint density at radius 1 is 0.384 bits per heavy atom. The number of benzene rings is 11. The predicted molar refractivity (Wildman–Crippen MR) is 302 cm³/mol. The lowest BCUT2D eigenvalue weighted by Gasteiger charge is -2.35. The van der Waals surface area contributed by atoms with Gasteiger partial charge in [0, 0.05) is 38.3 Å². The van der Waals surface area contributed by atoms with Gasteiger partial charge >= 0.3 is 0 Å². The van der Waals surface area contributed by atoms with E-state index in [0.29, 0.717) is 0 Å². The van der Waals surface area contributed by atoms with Gasteiger partial charge in [0.25, 0.3) is 0 Å². The van der Waals surface area contributed by atoms with Gasteiger partial charge in [-0.2, -0.15) is 0 Å². The van der Waals surface area contributed by atoms with Gasteiger partial charge in [0.2, 0.25) is 0 Å². The van der Waals surface area contributed by atoms with Gasteiger partial charge in [0.1, 0.15) is 5.58 Å². The number of anilines is 3. The summed E-state index contributed by atoms with van der Waals surface area (Å²) in [7, 11) is 0. The number of hydrogen-bond donors (Lipinski definition) is 0. The second kappa shape index (κ2) is 14.7. The van der Waals surface area contributed by atoms with Crippen molar-refractivity contribution < 1.29 is 4.42 Å². The molecule has 0 radical (unpaired) electrons. The SMILES string of the molecule is CC1(C)c2ccccc2-c2c3c(cc(N(c4ccc(-c5ccc6c(c5)c5ccccc5n6-c5ccccc5)cc4)c4cccc5c4oc4ccccc45)c21)C1(c2ccccc2-c2ccccc21)c1ccccc1-3. The number of aromatic nitrogens is 1. The molecule has 3 heteroatoms. The van der Waals surface area contributed by atoms with Gasteiger partial charge < -0.3 is 13.9 Å². The van der Waals surface area contributed by atoms with E-state index in [1.54, 1.807) is 0 Å². The molecule has 2 heterocycles. The standard InChI is InChI=1S/C70H46N2O/c1-69(2)55-28-12-8-25-52(55)66-65-53-26-9-15-31-58(53)70(56-29-13-6-21-47(56)48-22-7-14-30-57(48)70)59(65)42-63(67(66)69)72(62-33-18-27-51-50-24-11-17-34-64(50)73-68(51)62)46-38-35-43(36-39-46)44-37-40-61-54(41-44)49-23-10-16-32-60(49)71(61)45-19-4-3-5-20-45/h3-42H,1-2H3. The van der Waals surface area contributed by atoms with E-state index in [9.17, 15) is 0 Å². The molecule has 13 aromatic rings. The van der Waals surface area contributed by atoms with Crippen LogP contribution in [0, 0.1) is 0 Å². The maximum absolute atomic E-state index is 7.03. The van der Waals surface area contributed by atoms with E-state index in [4.69, 9.17) is 4.42 Å². The van der Waals surface area contributed by atoms with E-state index in [1.165, 1.54) is 94.1 Å². The highest BCUT2D eigenvalue weighted by atomic mass is 16.3. The van der Waals surface area contributed by atoms with Crippen LogP contribution in [0.2, 0.25) is 0 Å². The van der Waals surface area contributed by atoms with E-state index in [1.807, 2.05) is 0 Å². The van der Waals surface area contributed by atoms with Gasteiger partial charge in [-0.3, -0.25) is 0 Å². The second-order valence-electron chi connectivity index (χ2n) is 20.7. The molecule has 11 aromatic carbocycles. The zero-order chi connectivity index (χ0) is 48.2. The van der Waals surface area contributed by atoms with Crippen LogP contribution in [0.5, 0.6) is 0 Å². The van der Waals surface area contributed by atoms with Gasteiger partial charge in [0.05, 0.1) is 27.8 Å². The predicted octanol–water partition coefficient (Wildman–Crippen LogP) is 18.5. The van der Waals surface area contributed by atoms with Crippen molar-refractivity contribution in [1.29, 1.82) is 0 Å². The Morgan fingerprint density at radius 2 is 0.945 bits per heavy atom. The fourth-order valence-electron chi connectivity index (χ4n) is 13.8. The minimum absolute atomic E-state index is 0.360. The first-order valence-electron chi connectivity index (χ1n) is 25.5. The summed E-state index contributed by atoms with van der Waals surface area (Å²) in [5.74, 6) is 0. The molecule has 0 atom stereocenters. The maximum Gasteiger partial charge on any atom is 0.159 e. The van der Waals surface area contributed by atoms with Crippen molar-refractivity contribution >= 4 is 60.8 Å². The molecular formula is C70H46N2O. The van der Waals surface area contributed by atoms with Crippen molar-refractivity contribution in [2.75, 3.05) is 4.90 Å². The van der Waals surface area contributed by atoms with Gasteiger partial charge in [-0.15, -0.1) is 0 Å². The molecule has 0 saturated carbocycles. The lowest BCUT2D eigenvalue weighted by Crippen LogP contribution is -2.27. The van der Waals surface area contributed by atoms with Crippen molar-refractivity contribution in [2.45, 2.75) is 24.7 Å². The Labute approximate surface area is 423 Å². The molecule has 3 nitrogen and oxygen atoms in total. The number of para-hydroxylation sites is 4. The summed E-state index contributed by atoms with van der Waals surface area (Å²) in [6.45, 7) is 4.86. The van der Waals surface area contributed by atoms with Crippen LogP contribution < -0.4 is 4.90 Å². The normalized spacial score (nSPS) is 14.1. The number of hydrogen-bond acceptors (Lipinski definition) is 2. The first kappa shape index (κ1) is 40.5. The molecule has 0 saturated heterocycles. The van der Waals surface area contributed by atoms with Gasteiger partial charge in [-0.25, -0.2) is 0 Å². The lowest BCUT2D eigenvalue weighted by molar-refractivity contribution is 0.658. The topological polar surface area (TPSA) is 21.3 Å². The smallest absolute Gasteiger partial charge is 0.159 e. The molecule has 342 valence electrons. The molecule has 2 aromatic heterocycles. The van der Waals surface area contributed by atoms with Crippen LogP contribution in [-0.4, -0.2) is 4.57 Å². The third-order valence-electron chi connectivity index (χ3n) is 16.8. The zero-order valence-electron chi connectivity index (χ0n) is 40.4.